The molecule has 1 N–H and O–H groups in total. The molecule has 1 atom stereocenters. The monoisotopic (exact) mass is 283 g/mol. The minimum absolute atomic E-state index is 0.0155. The molecule has 5 heteroatoms. The summed E-state index contributed by atoms with van der Waals surface area (Å²) in [5, 5.41) is 13.6. The molecule has 3 nitrogen and oxygen atoms in total. The summed E-state index contributed by atoms with van der Waals surface area (Å²) < 4.78 is 0. The van der Waals surface area contributed by atoms with Crippen LogP contribution in [-0.2, 0) is 0 Å². The first-order chi connectivity index (χ1) is 8.74. The predicted molar refractivity (Wildman–Crippen MR) is 73.9 cm³/mol. The Bertz CT molecular complexity index is 430. The summed E-state index contributed by atoms with van der Waals surface area (Å²) in [5.74, 6) is 0. The Kier molecular flexibility index (Phi) is 4.85. The fourth-order valence-corrected chi connectivity index (χ4v) is 2.97. The zero-order valence-corrected chi connectivity index (χ0v) is 11.5. The number of benzene rings is 1. The minimum Gasteiger partial charge on any atom is -0.314 e. The second-order valence-corrected chi connectivity index (χ2v) is 5.11. The van der Waals surface area contributed by atoms with Gasteiger partial charge in [0, 0.05) is 41.8 Å². The molecule has 1 fully saturated rings. The highest BCUT2D eigenvalue weighted by Gasteiger charge is 2.25. The van der Waals surface area contributed by atoms with Gasteiger partial charge in [0.1, 0.15) is 0 Å². The van der Waals surface area contributed by atoms with Gasteiger partial charge >= 0.3 is 0 Å². The van der Waals surface area contributed by atoms with Gasteiger partial charge in [-0.3, -0.25) is 4.90 Å². The number of rotatable bonds is 3. The average molecular weight is 284 g/mol. The number of piperazine rings is 1. The van der Waals surface area contributed by atoms with E-state index in [0.717, 1.165) is 31.7 Å². The van der Waals surface area contributed by atoms with E-state index >= 15 is 0 Å². The average Bonchev–Trinajstić information content (AvgIpc) is 2.38. The van der Waals surface area contributed by atoms with Gasteiger partial charge in [-0.05, 0) is 12.1 Å². The van der Waals surface area contributed by atoms with Crippen LogP contribution in [0.25, 0.3) is 0 Å². The second-order valence-electron chi connectivity index (χ2n) is 4.30. The SMILES string of the molecule is N#CC[C@H](c1c(Cl)cccc1Cl)N1CCNCC1. The highest BCUT2D eigenvalue weighted by Crippen LogP contribution is 2.35. The normalized spacial score (nSPS) is 18.3. The molecule has 1 aromatic rings. The lowest BCUT2D eigenvalue weighted by atomic mass is 10.0. The number of nitriles is 1. The number of halogens is 2. The van der Waals surface area contributed by atoms with Crippen LogP contribution in [0.5, 0.6) is 0 Å². The molecule has 1 aromatic carbocycles. The van der Waals surface area contributed by atoms with Crippen molar-refractivity contribution in [3.8, 4) is 6.07 Å². The van der Waals surface area contributed by atoms with Crippen molar-refractivity contribution >= 4 is 23.2 Å². The summed E-state index contributed by atoms with van der Waals surface area (Å²) in [6, 6.07) is 7.71. The van der Waals surface area contributed by atoms with E-state index in [4.69, 9.17) is 28.5 Å². The maximum absolute atomic E-state index is 9.03. The molecule has 0 saturated carbocycles. The van der Waals surface area contributed by atoms with Crippen LogP contribution in [-0.4, -0.2) is 31.1 Å². The van der Waals surface area contributed by atoms with Gasteiger partial charge in [-0.2, -0.15) is 5.26 Å². The molecule has 0 aromatic heterocycles. The number of nitrogens with zero attached hydrogens (tertiary/aromatic N) is 2. The zero-order valence-electron chi connectivity index (χ0n) is 10.00. The molecule has 1 heterocycles. The van der Waals surface area contributed by atoms with E-state index in [2.05, 4.69) is 16.3 Å². The van der Waals surface area contributed by atoms with Gasteiger partial charge in [-0.1, -0.05) is 29.3 Å². The lowest BCUT2D eigenvalue weighted by Crippen LogP contribution is -2.45. The summed E-state index contributed by atoms with van der Waals surface area (Å²) in [5.41, 5.74) is 0.879. The molecular weight excluding hydrogens is 269 g/mol. The van der Waals surface area contributed by atoms with Gasteiger partial charge in [-0.25, -0.2) is 0 Å². The molecule has 1 saturated heterocycles. The van der Waals surface area contributed by atoms with Crippen molar-refractivity contribution in [1.82, 2.24) is 10.2 Å². The van der Waals surface area contributed by atoms with Crippen LogP contribution in [0.2, 0.25) is 10.0 Å². The summed E-state index contributed by atoms with van der Waals surface area (Å²) in [7, 11) is 0. The smallest absolute Gasteiger partial charge is 0.0641 e. The van der Waals surface area contributed by atoms with Crippen molar-refractivity contribution in [1.29, 1.82) is 5.26 Å². The maximum Gasteiger partial charge on any atom is 0.0641 e. The van der Waals surface area contributed by atoms with Crippen LogP contribution in [0.4, 0.5) is 0 Å². The molecule has 2 rings (SSSR count). The first-order valence-corrected chi connectivity index (χ1v) is 6.75. The fraction of sp³-hybridized carbons (Fsp3) is 0.462. The topological polar surface area (TPSA) is 39.1 Å². The quantitative estimate of drug-likeness (QED) is 0.927. The molecule has 0 spiro atoms. The van der Waals surface area contributed by atoms with Crippen molar-refractivity contribution in [3.63, 3.8) is 0 Å². The predicted octanol–water partition coefficient (Wildman–Crippen LogP) is 2.85. The lowest BCUT2D eigenvalue weighted by Gasteiger charge is -2.34. The Morgan fingerprint density at radius 2 is 1.89 bits per heavy atom. The first kappa shape index (κ1) is 13.6. The third-order valence-electron chi connectivity index (χ3n) is 3.21. The van der Waals surface area contributed by atoms with Crippen molar-refractivity contribution < 1.29 is 0 Å². The number of hydrogen-bond donors (Lipinski definition) is 1. The van der Waals surface area contributed by atoms with Crippen molar-refractivity contribution in [3.05, 3.63) is 33.8 Å². The van der Waals surface area contributed by atoms with E-state index in [0.29, 0.717) is 16.5 Å². The zero-order chi connectivity index (χ0) is 13.0. The van der Waals surface area contributed by atoms with Crippen LogP contribution < -0.4 is 5.32 Å². The molecule has 0 amide bonds. The van der Waals surface area contributed by atoms with E-state index in [9.17, 15) is 0 Å². The van der Waals surface area contributed by atoms with Crippen molar-refractivity contribution in [2.75, 3.05) is 26.2 Å². The molecule has 0 aliphatic carbocycles. The third kappa shape index (κ3) is 2.96. The van der Waals surface area contributed by atoms with Crippen LogP contribution in [0.3, 0.4) is 0 Å². The van der Waals surface area contributed by atoms with E-state index in [-0.39, 0.29) is 6.04 Å². The summed E-state index contributed by atoms with van der Waals surface area (Å²) in [6.07, 6.45) is 0.406. The summed E-state index contributed by atoms with van der Waals surface area (Å²) in [4.78, 5) is 2.27. The largest absolute Gasteiger partial charge is 0.314 e. The maximum atomic E-state index is 9.03. The van der Waals surface area contributed by atoms with Crippen LogP contribution >= 0.6 is 23.2 Å². The van der Waals surface area contributed by atoms with Gasteiger partial charge in [0.2, 0.25) is 0 Å². The molecule has 1 aliphatic rings. The highest BCUT2D eigenvalue weighted by molar-refractivity contribution is 6.36. The second kappa shape index (κ2) is 6.40. The van der Waals surface area contributed by atoms with E-state index < -0.39 is 0 Å². The highest BCUT2D eigenvalue weighted by atomic mass is 35.5. The first-order valence-electron chi connectivity index (χ1n) is 5.99. The Hall–Kier alpha value is -0.790. The third-order valence-corrected chi connectivity index (χ3v) is 3.87. The van der Waals surface area contributed by atoms with Gasteiger partial charge < -0.3 is 5.32 Å². The van der Waals surface area contributed by atoms with Crippen LogP contribution in [0.15, 0.2) is 18.2 Å². The fourth-order valence-electron chi connectivity index (χ4n) is 2.32. The van der Waals surface area contributed by atoms with E-state index in [1.165, 1.54) is 0 Å². The standard InChI is InChI=1S/C13H15Cl2N3/c14-10-2-1-3-11(15)13(10)12(4-5-16)18-8-6-17-7-9-18/h1-3,12,17H,4,6-9H2/t12-/m1/s1. The molecule has 18 heavy (non-hydrogen) atoms. The van der Waals surface area contributed by atoms with Gasteiger partial charge in [0.05, 0.1) is 18.5 Å². The molecule has 0 radical (unpaired) electrons. The number of hydrogen-bond acceptors (Lipinski definition) is 3. The molecule has 0 unspecified atom stereocenters. The Balaban J connectivity index is 2.31. The van der Waals surface area contributed by atoms with Gasteiger partial charge in [0.15, 0.2) is 0 Å². The van der Waals surface area contributed by atoms with Gasteiger partial charge in [0.25, 0.3) is 0 Å². The Morgan fingerprint density at radius 3 is 2.44 bits per heavy atom. The van der Waals surface area contributed by atoms with E-state index in [1.54, 1.807) is 0 Å². The molecule has 0 bridgehead atoms. The summed E-state index contributed by atoms with van der Waals surface area (Å²) in [6.45, 7) is 3.69. The van der Waals surface area contributed by atoms with Crippen LogP contribution in [0.1, 0.15) is 18.0 Å². The van der Waals surface area contributed by atoms with Crippen molar-refractivity contribution in [2.24, 2.45) is 0 Å². The molecule has 1 aliphatic heterocycles. The van der Waals surface area contributed by atoms with Crippen molar-refractivity contribution in [2.45, 2.75) is 12.5 Å². The van der Waals surface area contributed by atoms with Gasteiger partial charge in [-0.15, -0.1) is 0 Å². The Morgan fingerprint density at radius 1 is 1.28 bits per heavy atom. The summed E-state index contributed by atoms with van der Waals surface area (Å²) >= 11 is 12.5. The molecular formula is C13H15Cl2N3. The number of nitrogens with one attached hydrogen (secondary N) is 1. The lowest BCUT2D eigenvalue weighted by molar-refractivity contribution is 0.176. The minimum atomic E-state index is -0.0155. The van der Waals surface area contributed by atoms with E-state index in [1.807, 2.05) is 18.2 Å². The molecule has 96 valence electrons. The Labute approximate surface area is 117 Å². The van der Waals surface area contributed by atoms with Crippen LogP contribution in [0, 0.1) is 11.3 Å².